The van der Waals surface area contributed by atoms with Gasteiger partial charge in [-0.2, -0.15) is 13.2 Å². The van der Waals surface area contributed by atoms with Crippen LogP contribution in [0.25, 0.3) is 5.57 Å². The Balaban J connectivity index is 3.21. The number of halogens is 3. The number of alkyl halides is 3. The number of aliphatic hydroxyl groups is 1. The molecule has 1 rings (SSSR count). The largest absolute Gasteiger partial charge is 0.464 e. The van der Waals surface area contributed by atoms with E-state index in [1.807, 2.05) is 0 Å². The van der Waals surface area contributed by atoms with Gasteiger partial charge in [-0.1, -0.05) is 43.3 Å². The number of hydrogen-bond donors (Lipinski definition) is 1. The molecule has 0 bridgehead atoms. The van der Waals surface area contributed by atoms with Gasteiger partial charge in [0.2, 0.25) is 0 Å². The second kappa shape index (κ2) is 7.45. The molecule has 22 heavy (non-hydrogen) atoms. The first-order valence-electron chi connectivity index (χ1n) is 6.97. The number of esters is 1. The second-order valence-electron chi connectivity index (χ2n) is 4.76. The highest BCUT2D eigenvalue weighted by molar-refractivity contribution is 5.84. The Morgan fingerprint density at radius 1 is 1.23 bits per heavy atom. The lowest BCUT2D eigenvalue weighted by Crippen LogP contribution is -2.53. The molecular weight excluding hydrogens is 297 g/mol. The van der Waals surface area contributed by atoms with E-state index in [4.69, 9.17) is 0 Å². The topological polar surface area (TPSA) is 46.5 Å². The van der Waals surface area contributed by atoms with Gasteiger partial charge in [-0.05, 0) is 24.5 Å². The van der Waals surface area contributed by atoms with Crippen molar-refractivity contribution in [3.05, 3.63) is 42.0 Å². The molecule has 0 spiro atoms. The van der Waals surface area contributed by atoms with Crippen LogP contribution in [0.1, 0.15) is 32.3 Å². The van der Waals surface area contributed by atoms with Crippen molar-refractivity contribution in [3.63, 3.8) is 0 Å². The van der Waals surface area contributed by atoms with Crippen molar-refractivity contribution < 1.29 is 27.8 Å². The van der Waals surface area contributed by atoms with Crippen LogP contribution in [0, 0.1) is 0 Å². The fourth-order valence-electron chi connectivity index (χ4n) is 2.00. The summed E-state index contributed by atoms with van der Waals surface area (Å²) in [5.41, 5.74) is -2.79. The number of ether oxygens (including phenoxy) is 1. The number of rotatable bonds is 6. The lowest BCUT2D eigenvalue weighted by molar-refractivity contribution is -0.260. The van der Waals surface area contributed by atoms with Crippen LogP contribution in [0.4, 0.5) is 13.2 Å². The SMILES string of the molecule is CCC=C(CC(O)(C(=O)OCC)C(F)(F)F)c1ccccc1. The molecule has 0 radical (unpaired) electrons. The number of allylic oxidation sites excluding steroid dienone is 1. The van der Waals surface area contributed by atoms with Gasteiger partial charge in [0.25, 0.3) is 5.60 Å². The zero-order chi connectivity index (χ0) is 16.8. The highest BCUT2D eigenvalue weighted by Crippen LogP contribution is 2.39. The molecular formula is C16H19F3O3. The van der Waals surface area contributed by atoms with Crippen LogP contribution in [0.5, 0.6) is 0 Å². The van der Waals surface area contributed by atoms with Crippen LogP contribution in [0.15, 0.2) is 36.4 Å². The lowest BCUT2D eigenvalue weighted by Gasteiger charge is -2.29. The third-order valence-electron chi connectivity index (χ3n) is 3.12. The predicted octanol–water partition coefficient (Wildman–Crippen LogP) is 3.73. The molecule has 3 nitrogen and oxygen atoms in total. The van der Waals surface area contributed by atoms with Crippen LogP contribution in [0.2, 0.25) is 0 Å². The Hall–Kier alpha value is -1.82. The van der Waals surface area contributed by atoms with Gasteiger partial charge >= 0.3 is 12.1 Å². The molecule has 0 aliphatic carbocycles. The van der Waals surface area contributed by atoms with Gasteiger partial charge in [0.05, 0.1) is 6.61 Å². The maximum atomic E-state index is 13.2. The first-order valence-corrected chi connectivity index (χ1v) is 6.97. The molecule has 0 aliphatic rings. The molecule has 1 atom stereocenters. The Bertz CT molecular complexity index is 523. The molecule has 0 aliphatic heterocycles. The normalized spacial score (nSPS) is 15.3. The molecule has 0 heterocycles. The fourth-order valence-corrected chi connectivity index (χ4v) is 2.00. The molecule has 0 fully saturated rings. The Morgan fingerprint density at radius 2 is 1.82 bits per heavy atom. The zero-order valence-corrected chi connectivity index (χ0v) is 12.5. The summed E-state index contributed by atoms with van der Waals surface area (Å²) in [5, 5.41) is 9.97. The van der Waals surface area contributed by atoms with Crippen molar-refractivity contribution in [1.29, 1.82) is 0 Å². The summed E-state index contributed by atoms with van der Waals surface area (Å²) < 4.78 is 44.1. The summed E-state index contributed by atoms with van der Waals surface area (Å²) in [6, 6.07) is 8.34. The first-order chi connectivity index (χ1) is 10.3. The minimum Gasteiger partial charge on any atom is -0.464 e. The molecule has 6 heteroatoms. The average molecular weight is 316 g/mol. The maximum Gasteiger partial charge on any atom is 0.428 e. The van der Waals surface area contributed by atoms with E-state index in [1.54, 1.807) is 43.3 Å². The molecule has 0 amide bonds. The third kappa shape index (κ3) is 4.10. The molecule has 0 aromatic heterocycles. The predicted molar refractivity (Wildman–Crippen MR) is 77.0 cm³/mol. The van der Waals surface area contributed by atoms with E-state index < -0.39 is 24.2 Å². The van der Waals surface area contributed by atoms with Gasteiger partial charge in [-0.3, -0.25) is 0 Å². The molecule has 0 saturated carbocycles. The van der Waals surface area contributed by atoms with E-state index in [-0.39, 0.29) is 12.2 Å². The van der Waals surface area contributed by atoms with Crippen molar-refractivity contribution in [2.45, 2.75) is 38.5 Å². The molecule has 1 aromatic rings. The van der Waals surface area contributed by atoms with Crippen LogP contribution in [-0.2, 0) is 9.53 Å². The third-order valence-corrected chi connectivity index (χ3v) is 3.12. The van der Waals surface area contributed by atoms with Crippen LogP contribution in [-0.4, -0.2) is 29.5 Å². The molecule has 1 N–H and O–H groups in total. The monoisotopic (exact) mass is 316 g/mol. The van der Waals surface area contributed by atoms with Gasteiger partial charge in [-0.15, -0.1) is 0 Å². The van der Waals surface area contributed by atoms with Crippen LogP contribution >= 0.6 is 0 Å². The van der Waals surface area contributed by atoms with E-state index >= 15 is 0 Å². The number of carbonyl (C=O) groups excluding carboxylic acids is 1. The number of carbonyl (C=O) groups is 1. The molecule has 0 saturated heterocycles. The van der Waals surface area contributed by atoms with E-state index in [0.29, 0.717) is 12.0 Å². The van der Waals surface area contributed by atoms with Gasteiger partial charge in [0.1, 0.15) is 0 Å². The van der Waals surface area contributed by atoms with Crippen molar-refractivity contribution >= 4 is 11.5 Å². The maximum absolute atomic E-state index is 13.2. The van der Waals surface area contributed by atoms with Crippen LogP contribution < -0.4 is 0 Å². The van der Waals surface area contributed by atoms with E-state index in [9.17, 15) is 23.1 Å². The summed E-state index contributed by atoms with van der Waals surface area (Å²) in [6.45, 7) is 2.91. The Morgan fingerprint density at radius 3 is 2.27 bits per heavy atom. The van der Waals surface area contributed by atoms with Gasteiger partial charge in [0, 0.05) is 6.42 Å². The standard InChI is InChI=1S/C16H19F3O3/c1-3-8-13(12-9-6-5-7-10-12)11-15(21,16(17,18)19)14(20)22-4-2/h5-10,21H,3-4,11H2,1-2H3. The molecule has 1 unspecified atom stereocenters. The van der Waals surface area contributed by atoms with Gasteiger partial charge in [-0.25, -0.2) is 4.79 Å². The molecule has 122 valence electrons. The highest BCUT2D eigenvalue weighted by Gasteiger charge is 2.60. The average Bonchev–Trinajstić information content (AvgIpc) is 2.46. The van der Waals surface area contributed by atoms with Crippen molar-refractivity contribution in [1.82, 2.24) is 0 Å². The smallest absolute Gasteiger partial charge is 0.428 e. The summed E-state index contributed by atoms with van der Waals surface area (Å²) in [4.78, 5) is 11.7. The van der Waals surface area contributed by atoms with E-state index in [0.717, 1.165) is 0 Å². The summed E-state index contributed by atoms with van der Waals surface area (Å²) in [6.07, 6.45) is -3.97. The number of benzene rings is 1. The van der Waals surface area contributed by atoms with Gasteiger partial charge < -0.3 is 9.84 Å². The second-order valence-corrected chi connectivity index (χ2v) is 4.76. The van der Waals surface area contributed by atoms with E-state index in [2.05, 4.69) is 4.74 Å². The van der Waals surface area contributed by atoms with Gasteiger partial charge in [0.15, 0.2) is 0 Å². The summed E-state index contributed by atoms with van der Waals surface area (Å²) in [5.74, 6) is -1.68. The number of hydrogen-bond acceptors (Lipinski definition) is 3. The molecule has 1 aromatic carbocycles. The minimum absolute atomic E-state index is 0.241. The zero-order valence-electron chi connectivity index (χ0n) is 12.5. The quantitative estimate of drug-likeness (QED) is 0.814. The van der Waals surface area contributed by atoms with E-state index in [1.165, 1.54) is 6.92 Å². The lowest BCUT2D eigenvalue weighted by atomic mass is 9.89. The first kappa shape index (κ1) is 18.2. The Labute approximate surface area is 127 Å². The minimum atomic E-state index is -5.12. The summed E-state index contributed by atoms with van der Waals surface area (Å²) >= 11 is 0. The van der Waals surface area contributed by atoms with Crippen molar-refractivity contribution in [2.24, 2.45) is 0 Å². The fraction of sp³-hybridized carbons (Fsp3) is 0.438. The van der Waals surface area contributed by atoms with Crippen molar-refractivity contribution in [3.8, 4) is 0 Å². The summed E-state index contributed by atoms with van der Waals surface area (Å²) in [7, 11) is 0. The highest BCUT2D eigenvalue weighted by atomic mass is 19.4. The van der Waals surface area contributed by atoms with Crippen molar-refractivity contribution in [2.75, 3.05) is 6.61 Å². The van der Waals surface area contributed by atoms with Crippen LogP contribution in [0.3, 0.4) is 0 Å². The Kier molecular flexibility index (Phi) is 6.17.